The van der Waals surface area contributed by atoms with E-state index in [1.54, 1.807) is 6.20 Å². The number of carbonyl (C=O) groups is 3. The Balaban J connectivity index is 2.28. The average molecular weight is 257 g/mol. The minimum Gasteiger partial charge on any atom is -0.411 e. The molecule has 2 aliphatic rings. The molecule has 0 radical (unpaired) electrons. The van der Waals surface area contributed by atoms with Gasteiger partial charge in [0.15, 0.2) is 5.37 Å². The maximum absolute atomic E-state index is 11.9. The number of hydrogen-bond donors (Lipinski definition) is 0. The Kier molecular flexibility index (Phi) is 2.86. The van der Waals surface area contributed by atoms with Crippen LogP contribution in [0.1, 0.15) is 13.8 Å². The van der Waals surface area contributed by atoms with Crippen LogP contribution >= 0.6 is 11.8 Å². The lowest BCUT2D eigenvalue weighted by molar-refractivity contribution is -0.259. The van der Waals surface area contributed by atoms with Crippen molar-refractivity contribution in [1.29, 1.82) is 0 Å². The Morgan fingerprint density at radius 2 is 2.00 bits per heavy atom. The smallest absolute Gasteiger partial charge is 0.368 e. The van der Waals surface area contributed by atoms with Crippen LogP contribution in [-0.4, -0.2) is 39.7 Å². The highest BCUT2D eigenvalue weighted by atomic mass is 32.2. The summed E-state index contributed by atoms with van der Waals surface area (Å²) in [6.07, 6.45) is 3.42. The van der Waals surface area contributed by atoms with Crippen LogP contribution in [0.3, 0.4) is 0 Å². The second-order valence-corrected chi connectivity index (χ2v) is 4.75. The summed E-state index contributed by atoms with van der Waals surface area (Å²) in [6, 6.07) is 0. The number of hydrogen-bond acceptors (Lipinski definition) is 6. The number of nitrogens with zero attached hydrogens (tertiary/aromatic N) is 1. The number of rotatable bonds is 2. The summed E-state index contributed by atoms with van der Waals surface area (Å²) in [5.41, 5.74) is 0. The Morgan fingerprint density at radius 3 is 2.53 bits per heavy atom. The number of fused-ring (bicyclic) bond motifs is 1. The van der Waals surface area contributed by atoms with Gasteiger partial charge in [0.25, 0.3) is 0 Å². The van der Waals surface area contributed by atoms with E-state index in [1.165, 1.54) is 30.5 Å². The fraction of sp³-hybridized carbons (Fsp3) is 0.500. The van der Waals surface area contributed by atoms with E-state index in [1.807, 2.05) is 6.08 Å². The second-order valence-electron chi connectivity index (χ2n) is 3.64. The molecule has 0 aromatic carbocycles. The van der Waals surface area contributed by atoms with Gasteiger partial charge in [0.2, 0.25) is 0 Å². The quantitative estimate of drug-likeness (QED) is 0.401. The molecule has 2 rings (SSSR count). The van der Waals surface area contributed by atoms with Gasteiger partial charge in [-0.05, 0) is 0 Å². The number of amides is 1. The zero-order valence-electron chi connectivity index (χ0n) is 9.34. The van der Waals surface area contributed by atoms with Gasteiger partial charge in [-0.2, -0.15) is 0 Å². The number of ether oxygens (including phenoxy) is 2. The van der Waals surface area contributed by atoms with Gasteiger partial charge >= 0.3 is 23.6 Å². The highest BCUT2D eigenvalue weighted by molar-refractivity contribution is 8.00. The predicted molar refractivity (Wildman–Crippen MR) is 58.5 cm³/mol. The van der Waals surface area contributed by atoms with Crippen LogP contribution in [0.25, 0.3) is 0 Å². The van der Waals surface area contributed by atoms with Crippen molar-refractivity contribution in [2.24, 2.45) is 0 Å². The van der Waals surface area contributed by atoms with Gasteiger partial charge in [0.05, 0.1) is 0 Å². The van der Waals surface area contributed by atoms with Crippen LogP contribution in [0, 0.1) is 0 Å². The molecule has 7 heteroatoms. The summed E-state index contributed by atoms with van der Waals surface area (Å²) < 4.78 is 9.88. The zero-order chi connectivity index (χ0) is 12.6. The third-order valence-corrected chi connectivity index (χ3v) is 3.56. The predicted octanol–water partition coefficient (Wildman–Crippen LogP) is 0.238. The lowest BCUT2D eigenvalue weighted by Crippen LogP contribution is -2.74. The topological polar surface area (TPSA) is 72.9 Å². The van der Waals surface area contributed by atoms with Crippen LogP contribution in [0.5, 0.6) is 0 Å². The van der Waals surface area contributed by atoms with E-state index in [-0.39, 0.29) is 0 Å². The van der Waals surface area contributed by atoms with Crippen molar-refractivity contribution < 1.29 is 23.9 Å². The Bertz CT molecular complexity index is 403. The summed E-state index contributed by atoms with van der Waals surface area (Å²) in [4.78, 5) is 35.4. The van der Waals surface area contributed by atoms with E-state index in [9.17, 15) is 14.4 Å². The number of β-lactam (4-membered cyclic amide) rings is 1. The molecule has 0 spiro atoms. The molecule has 17 heavy (non-hydrogen) atoms. The molecule has 6 nitrogen and oxygen atoms in total. The van der Waals surface area contributed by atoms with Gasteiger partial charge in [-0.1, -0.05) is 6.08 Å². The molecular formula is C10H11NO5S. The third kappa shape index (κ3) is 1.80. The normalized spacial score (nSPS) is 24.7. The van der Waals surface area contributed by atoms with Crippen molar-refractivity contribution >= 4 is 29.6 Å². The van der Waals surface area contributed by atoms with Gasteiger partial charge in [0, 0.05) is 25.8 Å². The molecule has 0 saturated carbocycles. The van der Waals surface area contributed by atoms with E-state index in [0.717, 1.165) is 0 Å². The molecule has 0 aromatic heterocycles. The van der Waals surface area contributed by atoms with E-state index in [4.69, 9.17) is 9.47 Å². The van der Waals surface area contributed by atoms with Crippen LogP contribution < -0.4 is 0 Å². The monoisotopic (exact) mass is 257 g/mol. The van der Waals surface area contributed by atoms with Gasteiger partial charge in [0.1, 0.15) is 0 Å². The minimum atomic E-state index is -1.78. The lowest BCUT2D eigenvalue weighted by atomic mass is 10.1. The van der Waals surface area contributed by atoms with E-state index in [2.05, 4.69) is 0 Å². The van der Waals surface area contributed by atoms with E-state index < -0.39 is 29.0 Å². The van der Waals surface area contributed by atoms with Crippen molar-refractivity contribution in [2.75, 3.05) is 5.75 Å². The lowest BCUT2D eigenvalue weighted by Gasteiger charge is -2.51. The molecule has 92 valence electrons. The molecule has 0 bridgehead atoms. The van der Waals surface area contributed by atoms with Crippen LogP contribution in [-0.2, 0) is 23.9 Å². The first-order valence-corrected chi connectivity index (χ1v) is 6.02. The fourth-order valence-electron chi connectivity index (χ4n) is 1.78. The zero-order valence-corrected chi connectivity index (χ0v) is 10.2. The van der Waals surface area contributed by atoms with Crippen molar-refractivity contribution in [3.63, 3.8) is 0 Å². The van der Waals surface area contributed by atoms with E-state index in [0.29, 0.717) is 5.75 Å². The van der Waals surface area contributed by atoms with Gasteiger partial charge in [-0.25, -0.2) is 0 Å². The average Bonchev–Trinajstić information content (AvgIpc) is 2.26. The summed E-state index contributed by atoms with van der Waals surface area (Å²) in [5.74, 6) is -2.97. The summed E-state index contributed by atoms with van der Waals surface area (Å²) in [6.45, 7) is 2.34. The van der Waals surface area contributed by atoms with Crippen molar-refractivity contribution in [2.45, 2.75) is 25.0 Å². The fourth-order valence-corrected chi connectivity index (χ4v) is 2.91. The SMILES string of the molecule is CC(=O)OC1(OC(C)=O)C(=O)N2C=CCS[C@H]21. The molecule has 1 amide bonds. The number of esters is 2. The highest BCUT2D eigenvalue weighted by Crippen LogP contribution is 2.44. The standard InChI is InChI=1S/C10H11NO5S/c1-6(12)15-10(16-7(2)13)8(14)11-4-3-5-17-9(10)11/h3-4,9H,5H2,1-2H3/t9-/m0/s1. The molecule has 1 fully saturated rings. The molecule has 2 heterocycles. The second kappa shape index (κ2) is 4.06. The van der Waals surface area contributed by atoms with Crippen LogP contribution in [0.4, 0.5) is 0 Å². The summed E-state index contributed by atoms with van der Waals surface area (Å²) in [7, 11) is 0. The first-order valence-electron chi connectivity index (χ1n) is 4.97. The van der Waals surface area contributed by atoms with Crippen molar-refractivity contribution in [3.8, 4) is 0 Å². The Hall–Kier alpha value is -1.50. The molecule has 0 unspecified atom stereocenters. The maximum atomic E-state index is 11.9. The first kappa shape index (κ1) is 12.0. The molecule has 2 aliphatic heterocycles. The van der Waals surface area contributed by atoms with Crippen molar-refractivity contribution in [1.82, 2.24) is 4.90 Å². The Morgan fingerprint density at radius 1 is 1.41 bits per heavy atom. The number of carbonyl (C=O) groups excluding carboxylic acids is 3. The molecule has 1 saturated heterocycles. The van der Waals surface area contributed by atoms with E-state index >= 15 is 0 Å². The largest absolute Gasteiger partial charge is 0.411 e. The minimum absolute atomic E-state index is 0.493. The van der Waals surface area contributed by atoms with Gasteiger partial charge < -0.3 is 9.47 Å². The van der Waals surface area contributed by atoms with Gasteiger partial charge in [-0.15, -0.1) is 11.8 Å². The maximum Gasteiger partial charge on any atom is 0.368 e. The van der Waals surface area contributed by atoms with Gasteiger partial charge in [-0.3, -0.25) is 19.3 Å². The highest BCUT2D eigenvalue weighted by Gasteiger charge is 2.67. The molecule has 0 aliphatic carbocycles. The first-order chi connectivity index (χ1) is 7.97. The Labute approximate surface area is 102 Å². The molecule has 1 atom stereocenters. The van der Waals surface area contributed by atoms with Crippen LogP contribution in [0.2, 0.25) is 0 Å². The summed E-state index contributed by atoms with van der Waals surface area (Å²) >= 11 is 1.37. The molecule has 0 aromatic rings. The summed E-state index contributed by atoms with van der Waals surface area (Å²) in [5, 5.41) is -0.493. The molecule has 0 N–H and O–H groups in total. The van der Waals surface area contributed by atoms with Crippen LogP contribution in [0.15, 0.2) is 12.3 Å². The molecular weight excluding hydrogens is 246 g/mol. The third-order valence-electron chi connectivity index (χ3n) is 2.32. The number of thioether (sulfide) groups is 1. The van der Waals surface area contributed by atoms with Crippen molar-refractivity contribution in [3.05, 3.63) is 12.3 Å².